The summed E-state index contributed by atoms with van der Waals surface area (Å²) < 4.78 is 25.2. The van der Waals surface area contributed by atoms with Gasteiger partial charge in [-0.2, -0.15) is 0 Å². The number of benzene rings is 2. The van der Waals surface area contributed by atoms with Crippen molar-refractivity contribution in [3.63, 3.8) is 0 Å². The highest BCUT2D eigenvalue weighted by atomic mass is 35.5. The molecule has 1 saturated heterocycles. The topological polar surface area (TPSA) is 69.7 Å². The molecule has 1 heterocycles. The molecule has 27 heavy (non-hydrogen) atoms. The molecule has 1 aliphatic rings. The molecule has 0 unspecified atom stereocenters. The van der Waals surface area contributed by atoms with Crippen LogP contribution in [0.4, 0.5) is 5.69 Å². The lowest BCUT2D eigenvalue weighted by Crippen LogP contribution is -2.48. The maximum Gasteiger partial charge on any atom is 0.254 e. The average molecular weight is 408 g/mol. The van der Waals surface area contributed by atoms with Gasteiger partial charge in [0, 0.05) is 38.3 Å². The Morgan fingerprint density at radius 2 is 1.74 bits per heavy atom. The van der Waals surface area contributed by atoms with Gasteiger partial charge in [-0.15, -0.1) is 0 Å². The van der Waals surface area contributed by atoms with E-state index >= 15 is 0 Å². The van der Waals surface area contributed by atoms with Crippen molar-refractivity contribution in [2.75, 3.05) is 37.2 Å². The fourth-order valence-electron chi connectivity index (χ4n) is 3.07. The zero-order valence-electron chi connectivity index (χ0n) is 15.1. The number of anilines is 1. The van der Waals surface area contributed by atoms with Crippen LogP contribution in [-0.4, -0.2) is 56.6 Å². The van der Waals surface area contributed by atoms with Crippen molar-refractivity contribution in [2.24, 2.45) is 0 Å². The Balaban J connectivity index is 1.63. The minimum absolute atomic E-state index is 0.123. The van der Waals surface area contributed by atoms with Crippen LogP contribution in [-0.2, 0) is 16.6 Å². The van der Waals surface area contributed by atoms with E-state index in [9.17, 15) is 13.2 Å². The molecule has 0 bridgehead atoms. The Bertz CT molecular complexity index is 911. The lowest BCUT2D eigenvalue weighted by molar-refractivity contribution is 0.0628. The van der Waals surface area contributed by atoms with Crippen LogP contribution in [0.3, 0.4) is 0 Å². The highest BCUT2D eigenvalue weighted by Gasteiger charge is 2.23. The first kappa shape index (κ1) is 19.7. The maximum absolute atomic E-state index is 12.8. The Labute approximate surface area is 164 Å². The molecule has 6 nitrogen and oxygen atoms in total. The van der Waals surface area contributed by atoms with Crippen molar-refractivity contribution in [2.45, 2.75) is 6.54 Å². The minimum Gasteiger partial charge on any atom is -0.336 e. The highest BCUT2D eigenvalue weighted by molar-refractivity contribution is 7.92. The van der Waals surface area contributed by atoms with Gasteiger partial charge in [0.15, 0.2) is 0 Å². The van der Waals surface area contributed by atoms with Gasteiger partial charge in [-0.25, -0.2) is 8.42 Å². The third-order valence-electron chi connectivity index (χ3n) is 4.42. The van der Waals surface area contributed by atoms with Gasteiger partial charge < -0.3 is 4.90 Å². The van der Waals surface area contributed by atoms with E-state index in [0.717, 1.165) is 25.9 Å². The fraction of sp³-hybridized carbons (Fsp3) is 0.316. The van der Waals surface area contributed by atoms with Crippen LogP contribution in [0.5, 0.6) is 0 Å². The second-order valence-corrected chi connectivity index (χ2v) is 8.78. The zero-order chi connectivity index (χ0) is 19.4. The highest BCUT2D eigenvalue weighted by Crippen LogP contribution is 2.25. The predicted molar refractivity (Wildman–Crippen MR) is 108 cm³/mol. The molecule has 0 aromatic heterocycles. The first-order valence-electron chi connectivity index (χ1n) is 8.65. The largest absolute Gasteiger partial charge is 0.336 e. The molecule has 144 valence electrons. The number of nitrogens with one attached hydrogen (secondary N) is 1. The standard InChI is InChI=1S/C19H22ClN3O3S/c1-27(25,26)21-18-13-16(7-8-17(18)20)19(24)23-11-9-22(10-12-23)14-15-5-3-2-4-6-15/h2-8,13,21H,9-12,14H2,1H3. The molecule has 1 N–H and O–H groups in total. The number of halogens is 1. The van der Waals surface area contributed by atoms with Crippen LogP contribution in [0.1, 0.15) is 15.9 Å². The predicted octanol–water partition coefficient (Wildman–Crippen LogP) is 2.67. The van der Waals surface area contributed by atoms with Gasteiger partial charge in [0.1, 0.15) is 0 Å². The lowest BCUT2D eigenvalue weighted by atomic mass is 10.1. The van der Waals surface area contributed by atoms with Gasteiger partial charge in [0.25, 0.3) is 5.91 Å². The summed E-state index contributed by atoms with van der Waals surface area (Å²) in [6, 6.07) is 14.9. The molecule has 0 aliphatic carbocycles. The third kappa shape index (κ3) is 5.45. The normalized spacial score (nSPS) is 15.6. The molecular weight excluding hydrogens is 386 g/mol. The number of rotatable bonds is 5. The van der Waals surface area contributed by atoms with E-state index in [-0.39, 0.29) is 16.6 Å². The van der Waals surface area contributed by atoms with Gasteiger partial charge in [0.2, 0.25) is 10.0 Å². The number of hydrogen-bond donors (Lipinski definition) is 1. The second-order valence-electron chi connectivity index (χ2n) is 6.62. The van der Waals surface area contributed by atoms with Crippen LogP contribution in [0.15, 0.2) is 48.5 Å². The first-order valence-corrected chi connectivity index (χ1v) is 10.9. The van der Waals surface area contributed by atoms with Gasteiger partial charge in [0.05, 0.1) is 17.0 Å². The van der Waals surface area contributed by atoms with E-state index in [2.05, 4.69) is 21.8 Å². The Kier molecular flexibility index (Phi) is 6.04. The maximum atomic E-state index is 12.8. The molecular formula is C19H22ClN3O3S. The Morgan fingerprint density at radius 1 is 1.07 bits per heavy atom. The van der Waals surface area contributed by atoms with E-state index in [1.807, 2.05) is 18.2 Å². The van der Waals surface area contributed by atoms with Gasteiger partial charge in [-0.3, -0.25) is 14.4 Å². The van der Waals surface area contributed by atoms with Crippen molar-refractivity contribution < 1.29 is 13.2 Å². The number of amides is 1. The van der Waals surface area contributed by atoms with Crippen LogP contribution >= 0.6 is 11.6 Å². The van der Waals surface area contributed by atoms with E-state index in [4.69, 9.17) is 11.6 Å². The van der Waals surface area contributed by atoms with Crippen molar-refractivity contribution in [1.82, 2.24) is 9.80 Å². The lowest BCUT2D eigenvalue weighted by Gasteiger charge is -2.34. The van der Waals surface area contributed by atoms with E-state index < -0.39 is 10.0 Å². The van der Waals surface area contributed by atoms with E-state index in [0.29, 0.717) is 18.7 Å². The number of sulfonamides is 1. The van der Waals surface area contributed by atoms with Crippen LogP contribution in [0.2, 0.25) is 5.02 Å². The van der Waals surface area contributed by atoms with E-state index in [1.54, 1.807) is 11.0 Å². The van der Waals surface area contributed by atoms with Crippen molar-refractivity contribution in [1.29, 1.82) is 0 Å². The molecule has 0 radical (unpaired) electrons. The summed E-state index contributed by atoms with van der Waals surface area (Å²) in [5.41, 5.74) is 1.89. The zero-order valence-corrected chi connectivity index (χ0v) is 16.6. The monoisotopic (exact) mass is 407 g/mol. The van der Waals surface area contributed by atoms with Crippen molar-refractivity contribution in [3.05, 3.63) is 64.7 Å². The Hall–Kier alpha value is -2.09. The van der Waals surface area contributed by atoms with Crippen molar-refractivity contribution >= 4 is 33.2 Å². The summed E-state index contributed by atoms with van der Waals surface area (Å²) in [4.78, 5) is 16.9. The molecule has 1 fully saturated rings. The third-order valence-corrected chi connectivity index (χ3v) is 5.34. The summed E-state index contributed by atoms with van der Waals surface area (Å²) in [5.74, 6) is -0.123. The number of carbonyl (C=O) groups excluding carboxylic acids is 1. The van der Waals surface area contributed by atoms with Gasteiger partial charge in [-0.05, 0) is 23.8 Å². The molecule has 0 atom stereocenters. The van der Waals surface area contributed by atoms with Crippen molar-refractivity contribution in [3.8, 4) is 0 Å². The summed E-state index contributed by atoms with van der Waals surface area (Å²) in [6.07, 6.45) is 1.05. The summed E-state index contributed by atoms with van der Waals surface area (Å²) in [7, 11) is -3.47. The number of nitrogens with zero attached hydrogens (tertiary/aromatic N) is 2. The van der Waals surface area contributed by atoms with Gasteiger partial charge >= 0.3 is 0 Å². The van der Waals surface area contributed by atoms with E-state index in [1.165, 1.54) is 17.7 Å². The average Bonchev–Trinajstić information content (AvgIpc) is 2.63. The molecule has 0 saturated carbocycles. The fourth-order valence-corrected chi connectivity index (χ4v) is 3.86. The number of carbonyl (C=O) groups is 1. The summed E-state index contributed by atoms with van der Waals surface area (Å²) in [6.45, 7) is 3.71. The molecule has 3 rings (SSSR count). The number of piperazine rings is 1. The van der Waals surface area contributed by atoms with Crippen LogP contribution < -0.4 is 4.72 Å². The molecule has 1 aliphatic heterocycles. The van der Waals surface area contributed by atoms with Gasteiger partial charge in [-0.1, -0.05) is 41.9 Å². The Morgan fingerprint density at radius 3 is 2.37 bits per heavy atom. The van der Waals surface area contributed by atoms with Crippen LogP contribution in [0.25, 0.3) is 0 Å². The minimum atomic E-state index is -3.47. The molecule has 0 spiro atoms. The molecule has 2 aromatic rings. The van der Waals surface area contributed by atoms with Crippen LogP contribution in [0, 0.1) is 0 Å². The first-order chi connectivity index (χ1) is 12.8. The molecule has 1 amide bonds. The quantitative estimate of drug-likeness (QED) is 0.827. The smallest absolute Gasteiger partial charge is 0.254 e. The molecule has 2 aromatic carbocycles. The summed E-state index contributed by atoms with van der Waals surface area (Å²) in [5, 5.41) is 0.254. The summed E-state index contributed by atoms with van der Waals surface area (Å²) >= 11 is 6.03. The SMILES string of the molecule is CS(=O)(=O)Nc1cc(C(=O)N2CCN(Cc3ccccc3)CC2)ccc1Cl. The molecule has 8 heteroatoms. The number of hydrogen-bond acceptors (Lipinski definition) is 4. The second kappa shape index (κ2) is 8.29.